The molecule has 0 aliphatic heterocycles. The van der Waals surface area contributed by atoms with E-state index in [1.165, 1.54) is 12.4 Å². The van der Waals surface area contributed by atoms with E-state index in [4.69, 9.17) is 0 Å². The molecule has 16 heavy (non-hydrogen) atoms. The fourth-order valence-electron chi connectivity index (χ4n) is 1.43. The Kier molecular flexibility index (Phi) is 2.12. The van der Waals surface area contributed by atoms with Gasteiger partial charge in [-0.05, 0) is 6.92 Å². The predicted octanol–water partition coefficient (Wildman–Crippen LogP) is 2.36. The highest BCUT2D eigenvalue weighted by atomic mass is 32.1. The highest BCUT2D eigenvalue weighted by Gasteiger charge is 2.10. The number of thiazole rings is 2. The zero-order chi connectivity index (χ0) is 11.1. The fourth-order valence-corrected chi connectivity index (χ4v) is 3.18. The summed E-state index contributed by atoms with van der Waals surface area (Å²) in [5, 5.41) is 13.0. The van der Waals surface area contributed by atoms with Crippen LogP contribution in [0.5, 0.6) is 0 Å². The molecule has 0 amide bonds. The van der Waals surface area contributed by atoms with Gasteiger partial charge in [0.25, 0.3) is 0 Å². The van der Waals surface area contributed by atoms with Gasteiger partial charge in [0.1, 0.15) is 10.5 Å². The first-order chi connectivity index (χ1) is 7.72. The van der Waals surface area contributed by atoms with Gasteiger partial charge in [-0.2, -0.15) is 4.73 Å². The molecule has 0 N–H and O–H groups in total. The molecular formula is C10H7N3OS2. The van der Waals surface area contributed by atoms with E-state index in [0.717, 1.165) is 29.8 Å². The lowest BCUT2D eigenvalue weighted by atomic mass is 10.4. The molecule has 3 aromatic rings. The summed E-state index contributed by atoms with van der Waals surface area (Å²) in [6, 6.07) is 1.79. The van der Waals surface area contributed by atoms with E-state index in [1.807, 2.05) is 13.1 Å². The Morgan fingerprint density at radius 3 is 3.00 bits per heavy atom. The highest BCUT2D eigenvalue weighted by molar-refractivity contribution is 7.25. The Morgan fingerprint density at radius 1 is 1.38 bits per heavy atom. The third-order valence-corrected chi connectivity index (χ3v) is 4.25. The molecule has 4 nitrogen and oxygen atoms in total. The number of hydrogen-bond acceptors (Lipinski definition) is 5. The minimum Gasteiger partial charge on any atom is -0.619 e. The average Bonchev–Trinajstić information content (AvgIpc) is 2.83. The molecule has 0 unspecified atom stereocenters. The number of fused-ring (bicyclic) bond motifs is 1. The third kappa shape index (κ3) is 1.56. The molecule has 0 aliphatic rings. The Bertz CT molecular complexity index is 659. The first-order valence-electron chi connectivity index (χ1n) is 4.64. The van der Waals surface area contributed by atoms with Crippen molar-refractivity contribution < 1.29 is 4.73 Å². The van der Waals surface area contributed by atoms with Crippen molar-refractivity contribution in [2.75, 3.05) is 0 Å². The normalized spacial score (nSPS) is 11.1. The van der Waals surface area contributed by atoms with Gasteiger partial charge < -0.3 is 5.21 Å². The van der Waals surface area contributed by atoms with E-state index in [2.05, 4.69) is 9.97 Å². The number of aryl methyl sites for hydroxylation is 1. The van der Waals surface area contributed by atoms with Crippen molar-refractivity contribution in [1.82, 2.24) is 9.97 Å². The summed E-state index contributed by atoms with van der Waals surface area (Å²) < 4.78 is 1.79. The van der Waals surface area contributed by atoms with Crippen LogP contribution in [0.4, 0.5) is 0 Å². The number of pyridine rings is 1. The molecule has 0 saturated carbocycles. The van der Waals surface area contributed by atoms with Crippen LogP contribution in [-0.2, 0) is 0 Å². The average molecular weight is 249 g/mol. The van der Waals surface area contributed by atoms with Gasteiger partial charge in [0.2, 0.25) is 6.20 Å². The van der Waals surface area contributed by atoms with Crippen LogP contribution in [0.1, 0.15) is 5.01 Å². The molecule has 0 saturated heterocycles. The van der Waals surface area contributed by atoms with E-state index in [9.17, 15) is 5.21 Å². The Labute approximate surface area is 99.4 Å². The quantitative estimate of drug-likeness (QED) is 0.491. The summed E-state index contributed by atoms with van der Waals surface area (Å²) in [7, 11) is 0. The summed E-state index contributed by atoms with van der Waals surface area (Å²) in [6.45, 7) is 1.97. The zero-order valence-electron chi connectivity index (χ0n) is 8.38. The van der Waals surface area contributed by atoms with Crippen LogP contribution in [-0.4, -0.2) is 9.97 Å². The second-order valence-corrected chi connectivity index (χ2v) is 5.58. The van der Waals surface area contributed by atoms with Crippen molar-refractivity contribution in [3.8, 4) is 9.88 Å². The van der Waals surface area contributed by atoms with E-state index in [-0.39, 0.29) is 0 Å². The Hall–Kier alpha value is -1.53. The van der Waals surface area contributed by atoms with Crippen molar-refractivity contribution in [2.45, 2.75) is 6.92 Å². The molecular weight excluding hydrogens is 242 g/mol. The SMILES string of the molecule is Cc1ncc(-c2nc3c[n+]([O-])ccc3s2)s1. The fraction of sp³-hybridized carbons (Fsp3) is 0.100. The maximum absolute atomic E-state index is 11.1. The first-order valence-corrected chi connectivity index (χ1v) is 6.28. The summed E-state index contributed by atoms with van der Waals surface area (Å²) >= 11 is 3.19. The third-order valence-electron chi connectivity index (χ3n) is 2.14. The molecule has 0 spiro atoms. The molecule has 6 heteroatoms. The lowest BCUT2D eigenvalue weighted by molar-refractivity contribution is -0.603. The molecule has 80 valence electrons. The van der Waals surface area contributed by atoms with E-state index in [0.29, 0.717) is 0 Å². The van der Waals surface area contributed by atoms with Gasteiger partial charge in [-0.3, -0.25) is 0 Å². The maximum atomic E-state index is 11.1. The summed E-state index contributed by atoms with van der Waals surface area (Å²) in [5.41, 5.74) is 0.739. The molecule has 0 fully saturated rings. The highest BCUT2D eigenvalue weighted by Crippen LogP contribution is 2.32. The molecule has 3 aromatic heterocycles. The first kappa shape index (κ1) is 9.68. The van der Waals surface area contributed by atoms with Crippen LogP contribution in [0.15, 0.2) is 24.7 Å². The van der Waals surface area contributed by atoms with E-state index in [1.54, 1.807) is 28.7 Å². The molecule has 0 atom stereocenters. The zero-order valence-corrected chi connectivity index (χ0v) is 10.0. The van der Waals surface area contributed by atoms with Crippen molar-refractivity contribution >= 4 is 32.9 Å². The Morgan fingerprint density at radius 2 is 2.25 bits per heavy atom. The van der Waals surface area contributed by atoms with Gasteiger partial charge >= 0.3 is 0 Å². The van der Waals surface area contributed by atoms with Crippen LogP contribution in [0.2, 0.25) is 0 Å². The van der Waals surface area contributed by atoms with Crippen LogP contribution < -0.4 is 4.73 Å². The van der Waals surface area contributed by atoms with Crippen LogP contribution in [0.3, 0.4) is 0 Å². The summed E-state index contributed by atoms with van der Waals surface area (Å²) in [4.78, 5) is 9.68. The summed E-state index contributed by atoms with van der Waals surface area (Å²) in [5.74, 6) is 0. The van der Waals surface area contributed by atoms with Gasteiger partial charge in [0.15, 0.2) is 6.20 Å². The number of rotatable bonds is 1. The van der Waals surface area contributed by atoms with Gasteiger partial charge in [0, 0.05) is 12.3 Å². The lowest BCUT2D eigenvalue weighted by Gasteiger charge is -1.91. The van der Waals surface area contributed by atoms with Crippen molar-refractivity contribution in [2.24, 2.45) is 0 Å². The van der Waals surface area contributed by atoms with Crippen molar-refractivity contribution in [3.63, 3.8) is 0 Å². The van der Waals surface area contributed by atoms with Gasteiger partial charge in [-0.1, -0.05) is 0 Å². The minimum atomic E-state index is 0.739. The molecule has 0 aromatic carbocycles. The molecule has 0 radical (unpaired) electrons. The maximum Gasteiger partial charge on any atom is 0.207 e. The molecule has 3 heterocycles. The monoisotopic (exact) mass is 249 g/mol. The predicted molar refractivity (Wildman–Crippen MR) is 64.4 cm³/mol. The minimum absolute atomic E-state index is 0.739. The summed E-state index contributed by atoms with van der Waals surface area (Å²) in [6.07, 6.45) is 4.80. The van der Waals surface area contributed by atoms with Crippen LogP contribution in [0.25, 0.3) is 20.1 Å². The Balaban J connectivity index is 2.18. The lowest BCUT2D eigenvalue weighted by Crippen LogP contribution is -2.23. The van der Waals surface area contributed by atoms with Crippen molar-refractivity contribution in [1.29, 1.82) is 0 Å². The second kappa shape index (κ2) is 3.50. The number of aromatic nitrogens is 3. The molecule has 3 rings (SSSR count). The largest absolute Gasteiger partial charge is 0.619 e. The van der Waals surface area contributed by atoms with Crippen LogP contribution in [0, 0.1) is 12.1 Å². The van der Waals surface area contributed by atoms with Gasteiger partial charge in [-0.15, -0.1) is 22.7 Å². The van der Waals surface area contributed by atoms with E-state index >= 15 is 0 Å². The van der Waals surface area contributed by atoms with Crippen LogP contribution >= 0.6 is 22.7 Å². The van der Waals surface area contributed by atoms with Gasteiger partial charge in [-0.25, -0.2) is 9.97 Å². The topological polar surface area (TPSA) is 52.7 Å². The second-order valence-electron chi connectivity index (χ2n) is 3.32. The van der Waals surface area contributed by atoms with Gasteiger partial charge in [0.05, 0.1) is 14.6 Å². The smallest absolute Gasteiger partial charge is 0.207 e. The van der Waals surface area contributed by atoms with E-state index < -0.39 is 0 Å². The number of nitrogens with zero attached hydrogens (tertiary/aromatic N) is 3. The molecule has 0 bridgehead atoms. The number of hydrogen-bond donors (Lipinski definition) is 0. The molecule has 0 aliphatic carbocycles. The van der Waals surface area contributed by atoms with Crippen molar-refractivity contribution in [3.05, 3.63) is 34.9 Å². The standard InChI is InChI=1S/C10H7N3OS2/c1-6-11-4-9(15-6)10-12-7-5-13(14)3-2-8(7)16-10/h2-5H,1H3.